The molecular formula is C20H25N3O2. The average molecular weight is 339 g/mol. The summed E-state index contributed by atoms with van der Waals surface area (Å²) in [5.41, 5.74) is 1.43. The van der Waals surface area contributed by atoms with Crippen molar-refractivity contribution in [3.63, 3.8) is 0 Å². The fourth-order valence-electron chi connectivity index (χ4n) is 3.32. The average Bonchev–Trinajstić information content (AvgIpc) is 2.63. The van der Waals surface area contributed by atoms with Gasteiger partial charge in [-0.15, -0.1) is 0 Å². The van der Waals surface area contributed by atoms with Crippen LogP contribution in [0.15, 0.2) is 47.3 Å². The van der Waals surface area contributed by atoms with E-state index in [0.29, 0.717) is 5.69 Å². The lowest BCUT2D eigenvalue weighted by Crippen LogP contribution is -2.44. The minimum absolute atomic E-state index is 0.0128. The molecule has 0 aliphatic carbocycles. The highest BCUT2D eigenvalue weighted by Gasteiger charge is 2.17. The number of aromatic nitrogens is 1. The molecule has 1 saturated heterocycles. The van der Waals surface area contributed by atoms with Crippen molar-refractivity contribution in [2.75, 3.05) is 19.6 Å². The number of pyridine rings is 1. The van der Waals surface area contributed by atoms with Gasteiger partial charge < -0.3 is 15.2 Å². The Bertz CT molecular complexity index is 764. The Kier molecular flexibility index (Phi) is 5.66. The van der Waals surface area contributed by atoms with Gasteiger partial charge in [0.1, 0.15) is 5.56 Å². The van der Waals surface area contributed by atoms with Crippen molar-refractivity contribution >= 4 is 5.91 Å². The maximum atomic E-state index is 12.4. The number of rotatable bonds is 5. The van der Waals surface area contributed by atoms with Gasteiger partial charge >= 0.3 is 0 Å². The Morgan fingerprint density at radius 3 is 2.52 bits per heavy atom. The highest BCUT2D eigenvalue weighted by atomic mass is 16.2. The molecular weight excluding hydrogens is 314 g/mol. The third-order valence-electron chi connectivity index (χ3n) is 4.60. The Balaban J connectivity index is 1.64. The van der Waals surface area contributed by atoms with Gasteiger partial charge in [0.15, 0.2) is 0 Å². The lowest BCUT2D eigenvalue weighted by Gasteiger charge is -2.29. The fourth-order valence-corrected chi connectivity index (χ4v) is 3.32. The van der Waals surface area contributed by atoms with Gasteiger partial charge in [0.2, 0.25) is 0 Å². The van der Waals surface area contributed by atoms with Gasteiger partial charge in [0, 0.05) is 18.3 Å². The Labute approximate surface area is 148 Å². The van der Waals surface area contributed by atoms with E-state index < -0.39 is 0 Å². The summed E-state index contributed by atoms with van der Waals surface area (Å²) >= 11 is 0. The third kappa shape index (κ3) is 4.57. The third-order valence-corrected chi connectivity index (χ3v) is 4.60. The first-order valence-corrected chi connectivity index (χ1v) is 8.95. The molecule has 0 spiro atoms. The van der Waals surface area contributed by atoms with Gasteiger partial charge in [-0.05, 0) is 50.6 Å². The molecule has 1 atom stereocenters. The van der Waals surface area contributed by atoms with Crippen LogP contribution >= 0.6 is 0 Å². The minimum atomic E-state index is -0.357. The van der Waals surface area contributed by atoms with Crippen molar-refractivity contribution < 1.29 is 4.79 Å². The predicted molar refractivity (Wildman–Crippen MR) is 99.7 cm³/mol. The molecule has 132 valence electrons. The Morgan fingerprint density at radius 2 is 1.84 bits per heavy atom. The summed E-state index contributed by atoms with van der Waals surface area (Å²) in [6.45, 7) is 4.99. The number of hydrogen-bond donors (Lipinski definition) is 2. The maximum Gasteiger partial charge on any atom is 0.261 e. The second kappa shape index (κ2) is 8.12. The van der Waals surface area contributed by atoms with Crippen molar-refractivity contribution in [3.8, 4) is 11.3 Å². The number of aromatic amines is 1. The number of hydrogen-bond acceptors (Lipinski definition) is 3. The standard InChI is InChI=1S/C20H25N3O2/c1-15(14-23-12-6-3-7-13-23)21-19(24)17-10-11-18(22-20(17)25)16-8-4-2-5-9-16/h2,4-5,8-11,15H,3,6-7,12-14H2,1H3,(H,21,24)(H,22,25). The second-order valence-electron chi connectivity index (χ2n) is 6.72. The zero-order valence-electron chi connectivity index (χ0n) is 14.6. The number of nitrogens with one attached hydrogen (secondary N) is 2. The number of carbonyl (C=O) groups is 1. The van der Waals surface area contributed by atoms with Crippen molar-refractivity contribution in [3.05, 3.63) is 58.4 Å². The lowest BCUT2D eigenvalue weighted by molar-refractivity contribution is 0.0924. The summed E-state index contributed by atoms with van der Waals surface area (Å²) in [6, 6.07) is 13.0. The van der Waals surface area contributed by atoms with Gasteiger partial charge in [0.25, 0.3) is 11.5 Å². The molecule has 5 nitrogen and oxygen atoms in total. The van der Waals surface area contributed by atoms with Crippen LogP contribution in [0.4, 0.5) is 0 Å². The van der Waals surface area contributed by atoms with Crippen LogP contribution in [0.25, 0.3) is 11.3 Å². The summed E-state index contributed by atoms with van der Waals surface area (Å²) in [5.74, 6) is -0.314. The molecule has 1 unspecified atom stereocenters. The topological polar surface area (TPSA) is 65.2 Å². The van der Waals surface area contributed by atoms with Crippen LogP contribution in [0.5, 0.6) is 0 Å². The van der Waals surface area contributed by atoms with Gasteiger partial charge in [-0.25, -0.2) is 0 Å². The van der Waals surface area contributed by atoms with E-state index in [9.17, 15) is 9.59 Å². The van der Waals surface area contributed by atoms with Gasteiger partial charge in [-0.3, -0.25) is 9.59 Å². The van der Waals surface area contributed by atoms with E-state index in [1.54, 1.807) is 12.1 Å². The monoisotopic (exact) mass is 339 g/mol. The van der Waals surface area contributed by atoms with Crippen LogP contribution in [0, 0.1) is 0 Å². The molecule has 2 N–H and O–H groups in total. The van der Waals surface area contributed by atoms with Crippen molar-refractivity contribution in [2.24, 2.45) is 0 Å². The smallest absolute Gasteiger partial charge is 0.261 e. The van der Waals surface area contributed by atoms with Gasteiger partial charge in [-0.1, -0.05) is 36.8 Å². The molecule has 0 bridgehead atoms. The number of amides is 1. The number of H-pyrrole nitrogens is 1. The number of carbonyl (C=O) groups excluding carboxylic acids is 1. The molecule has 5 heteroatoms. The molecule has 1 aliphatic heterocycles. The van der Waals surface area contributed by atoms with E-state index in [1.807, 2.05) is 37.3 Å². The molecule has 1 fully saturated rings. The van der Waals surface area contributed by atoms with Crippen LogP contribution in [0.1, 0.15) is 36.5 Å². The van der Waals surface area contributed by atoms with Crippen LogP contribution in [-0.4, -0.2) is 41.5 Å². The molecule has 0 radical (unpaired) electrons. The molecule has 3 rings (SSSR count). The van der Waals surface area contributed by atoms with Crippen LogP contribution < -0.4 is 10.9 Å². The quantitative estimate of drug-likeness (QED) is 0.880. The van der Waals surface area contributed by atoms with E-state index >= 15 is 0 Å². The van der Waals surface area contributed by atoms with Gasteiger partial charge in [0.05, 0.1) is 0 Å². The molecule has 1 amide bonds. The first-order valence-electron chi connectivity index (χ1n) is 8.95. The van der Waals surface area contributed by atoms with E-state index in [-0.39, 0.29) is 23.1 Å². The largest absolute Gasteiger partial charge is 0.348 e. The normalized spacial score (nSPS) is 16.4. The number of piperidine rings is 1. The summed E-state index contributed by atoms with van der Waals surface area (Å²) < 4.78 is 0. The predicted octanol–water partition coefficient (Wildman–Crippen LogP) is 2.65. The molecule has 1 aromatic carbocycles. The first kappa shape index (κ1) is 17.4. The molecule has 25 heavy (non-hydrogen) atoms. The van der Waals surface area contributed by atoms with Crippen molar-refractivity contribution in [2.45, 2.75) is 32.2 Å². The number of nitrogens with zero attached hydrogens (tertiary/aromatic N) is 1. The highest BCUT2D eigenvalue weighted by Crippen LogP contribution is 2.14. The number of likely N-dealkylation sites (tertiary alicyclic amines) is 1. The van der Waals surface area contributed by atoms with Gasteiger partial charge in [-0.2, -0.15) is 0 Å². The minimum Gasteiger partial charge on any atom is -0.348 e. The molecule has 2 heterocycles. The Hall–Kier alpha value is -2.40. The summed E-state index contributed by atoms with van der Waals surface area (Å²) in [4.78, 5) is 29.9. The molecule has 1 aromatic heterocycles. The summed E-state index contributed by atoms with van der Waals surface area (Å²) in [5, 5.41) is 2.94. The van der Waals surface area contributed by atoms with Crippen molar-refractivity contribution in [1.82, 2.24) is 15.2 Å². The van der Waals surface area contributed by atoms with Crippen LogP contribution in [-0.2, 0) is 0 Å². The zero-order chi connectivity index (χ0) is 17.6. The van der Waals surface area contributed by atoms with E-state index in [2.05, 4.69) is 15.2 Å². The zero-order valence-corrected chi connectivity index (χ0v) is 14.6. The summed E-state index contributed by atoms with van der Waals surface area (Å²) in [7, 11) is 0. The highest BCUT2D eigenvalue weighted by molar-refractivity contribution is 5.94. The maximum absolute atomic E-state index is 12.4. The van der Waals surface area contributed by atoms with Crippen molar-refractivity contribution in [1.29, 1.82) is 0 Å². The Morgan fingerprint density at radius 1 is 1.12 bits per heavy atom. The number of benzene rings is 1. The van der Waals surface area contributed by atoms with E-state index in [0.717, 1.165) is 25.2 Å². The fraction of sp³-hybridized carbons (Fsp3) is 0.400. The van der Waals surface area contributed by atoms with E-state index in [4.69, 9.17) is 0 Å². The second-order valence-corrected chi connectivity index (χ2v) is 6.72. The SMILES string of the molecule is CC(CN1CCCCC1)NC(=O)c1ccc(-c2ccccc2)[nH]c1=O. The van der Waals surface area contributed by atoms with Crippen LogP contribution in [0.2, 0.25) is 0 Å². The van der Waals surface area contributed by atoms with Crippen LogP contribution in [0.3, 0.4) is 0 Å². The molecule has 2 aromatic rings. The van der Waals surface area contributed by atoms with E-state index in [1.165, 1.54) is 19.3 Å². The molecule has 0 saturated carbocycles. The first-order chi connectivity index (χ1) is 12.1. The summed E-state index contributed by atoms with van der Waals surface area (Å²) in [6.07, 6.45) is 3.74. The lowest BCUT2D eigenvalue weighted by atomic mass is 10.1. The molecule has 1 aliphatic rings.